The smallest absolute Gasteiger partial charge is 0.222 e. The number of carbonyl (C=O) groups is 1. The highest BCUT2D eigenvalue weighted by atomic mass is 16.2. The van der Waals surface area contributed by atoms with Crippen LogP contribution < -0.4 is 5.73 Å². The molecule has 0 aromatic carbocycles. The molecule has 0 aromatic rings. The molecule has 0 aromatic heterocycles. The van der Waals surface area contributed by atoms with Gasteiger partial charge in [0.2, 0.25) is 5.91 Å². The maximum absolute atomic E-state index is 12.3. The van der Waals surface area contributed by atoms with Gasteiger partial charge >= 0.3 is 0 Å². The van der Waals surface area contributed by atoms with Gasteiger partial charge in [0, 0.05) is 25.6 Å². The van der Waals surface area contributed by atoms with Crippen LogP contribution >= 0.6 is 0 Å². The van der Waals surface area contributed by atoms with E-state index in [1.165, 1.54) is 32.1 Å². The van der Waals surface area contributed by atoms with Gasteiger partial charge in [0.05, 0.1) is 0 Å². The van der Waals surface area contributed by atoms with E-state index in [2.05, 4.69) is 0 Å². The van der Waals surface area contributed by atoms with Crippen molar-refractivity contribution in [1.29, 1.82) is 0 Å². The summed E-state index contributed by atoms with van der Waals surface area (Å²) in [7, 11) is 2.01. The average Bonchev–Trinajstić information content (AvgIpc) is 2.41. The molecule has 0 aliphatic heterocycles. The number of rotatable bonds is 3. The quantitative estimate of drug-likeness (QED) is 0.839. The molecule has 2 fully saturated rings. The van der Waals surface area contributed by atoms with Crippen LogP contribution in [0.15, 0.2) is 0 Å². The van der Waals surface area contributed by atoms with Crippen LogP contribution in [0.3, 0.4) is 0 Å². The van der Waals surface area contributed by atoms with Crippen molar-refractivity contribution in [2.24, 2.45) is 11.7 Å². The normalized spacial score (nSPS) is 30.1. The molecule has 1 amide bonds. The van der Waals surface area contributed by atoms with Crippen LogP contribution in [0.1, 0.15) is 64.2 Å². The second kappa shape index (κ2) is 6.55. The third-order valence-corrected chi connectivity index (χ3v) is 4.87. The number of nitrogens with two attached hydrogens (primary N) is 1. The molecule has 2 aliphatic rings. The van der Waals surface area contributed by atoms with Gasteiger partial charge in [-0.25, -0.2) is 0 Å². The minimum Gasteiger partial charge on any atom is -0.343 e. The number of hydrogen-bond acceptors (Lipinski definition) is 2. The first kappa shape index (κ1) is 13.9. The van der Waals surface area contributed by atoms with Crippen molar-refractivity contribution in [2.45, 2.75) is 76.3 Å². The Morgan fingerprint density at radius 1 is 1.06 bits per heavy atom. The summed E-state index contributed by atoms with van der Waals surface area (Å²) in [6.45, 7) is 0. The molecule has 2 saturated carbocycles. The van der Waals surface area contributed by atoms with Gasteiger partial charge in [-0.2, -0.15) is 0 Å². The van der Waals surface area contributed by atoms with E-state index in [4.69, 9.17) is 5.73 Å². The lowest BCUT2D eigenvalue weighted by atomic mass is 9.84. The van der Waals surface area contributed by atoms with Crippen molar-refractivity contribution in [3.8, 4) is 0 Å². The lowest BCUT2D eigenvalue weighted by Crippen LogP contribution is -2.39. The van der Waals surface area contributed by atoms with E-state index in [0.29, 0.717) is 23.9 Å². The van der Waals surface area contributed by atoms with Gasteiger partial charge < -0.3 is 10.6 Å². The Hall–Kier alpha value is -0.570. The standard InChI is InChI=1S/C15H28N2O/c1-17(14-5-3-2-4-6-14)15(18)11-12-7-9-13(16)10-8-12/h12-14H,2-11,16H2,1H3. The highest BCUT2D eigenvalue weighted by Gasteiger charge is 2.26. The van der Waals surface area contributed by atoms with E-state index in [1.54, 1.807) is 0 Å². The molecule has 0 spiro atoms. The Balaban J connectivity index is 1.76. The molecule has 0 saturated heterocycles. The molecular weight excluding hydrogens is 224 g/mol. The molecule has 0 unspecified atom stereocenters. The highest BCUT2D eigenvalue weighted by Crippen LogP contribution is 2.28. The second-order valence-electron chi connectivity index (χ2n) is 6.28. The van der Waals surface area contributed by atoms with E-state index in [-0.39, 0.29) is 0 Å². The summed E-state index contributed by atoms with van der Waals surface area (Å²) >= 11 is 0. The summed E-state index contributed by atoms with van der Waals surface area (Å²) < 4.78 is 0. The van der Waals surface area contributed by atoms with Gasteiger partial charge in [-0.05, 0) is 44.4 Å². The molecule has 2 aliphatic carbocycles. The largest absolute Gasteiger partial charge is 0.343 e. The van der Waals surface area contributed by atoms with Crippen LogP contribution in [0, 0.1) is 5.92 Å². The minimum atomic E-state index is 0.363. The predicted octanol–water partition coefficient (Wildman–Crippen LogP) is 2.69. The van der Waals surface area contributed by atoms with Gasteiger partial charge in [-0.15, -0.1) is 0 Å². The van der Waals surface area contributed by atoms with Gasteiger partial charge in [0.25, 0.3) is 0 Å². The first-order chi connectivity index (χ1) is 8.66. The molecule has 0 bridgehead atoms. The third-order valence-electron chi connectivity index (χ3n) is 4.87. The van der Waals surface area contributed by atoms with Crippen molar-refractivity contribution in [3.05, 3.63) is 0 Å². The zero-order valence-corrected chi connectivity index (χ0v) is 11.7. The zero-order valence-electron chi connectivity index (χ0n) is 11.7. The molecule has 3 heteroatoms. The van der Waals surface area contributed by atoms with Gasteiger partial charge in [-0.1, -0.05) is 19.3 Å². The van der Waals surface area contributed by atoms with E-state index < -0.39 is 0 Å². The topological polar surface area (TPSA) is 46.3 Å². The van der Waals surface area contributed by atoms with Crippen LogP contribution in [0.2, 0.25) is 0 Å². The number of carbonyl (C=O) groups excluding carboxylic acids is 1. The van der Waals surface area contributed by atoms with Gasteiger partial charge in [0.15, 0.2) is 0 Å². The predicted molar refractivity (Wildman–Crippen MR) is 74.2 cm³/mol. The number of hydrogen-bond donors (Lipinski definition) is 1. The summed E-state index contributed by atoms with van der Waals surface area (Å²) in [5, 5.41) is 0. The van der Waals surface area contributed by atoms with Crippen LogP contribution in [-0.4, -0.2) is 29.9 Å². The summed E-state index contributed by atoms with van der Waals surface area (Å²) in [6, 6.07) is 0.893. The van der Waals surface area contributed by atoms with E-state index >= 15 is 0 Å². The van der Waals surface area contributed by atoms with Crippen LogP contribution in [0.5, 0.6) is 0 Å². The first-order valence-corrected chi connectivity index (χ1v) is 7.68. The Morgan fingerprint density at radius 2 is 1.67 bits per heavy atom. The van der Waals surface area contributed by atoms with E-state index in [9.17, 15) is 4.79 Å². The summed E-state index contributed by atoms with van der Waals surface area (Å²) in [5.74, 6) is 0.950. The number of amides is 1. The Kier molecular flexibility index (Phi) is 5.04. The second-order valence-corrected chi connectivity index (χ2v) is 6.28. The van der Waals surface area contributed by atoms with Crippen molar-refractivity contribution >= 4 is 5.91 Å². The molecule has 104 valence electrons. The van der Waals surface area contributed by atoms with Crippen molar-refractivity contribution < 1.29 is 4.79 Å². The van der Waals surface area contributed by atoms with Crippen LogP contribution in [0.4, 0.5) is 0 Å². The molecule has 18 heavy (non-hydrogen) atoms. The highest BCUT2D eigenvalue weighted by molar-refractivity contribution is 5.76. The SMILES string of the molecule is CN(C(=O)CC1CCC(N)CC1)C1CCCCC1. The fourth-order valence-corrected chi connectivity index (χ4v) is 3.46. The molecule has 2 N–H and O–H groups in total. The maximum atomic E-state index is 12.3. The fourth-order valence-electron chi connectivity index (χ4n) is 3.46. The lowest BCUT2D eigenvalue weighted by molar-refractivity contribution is -0.133. The minimum absolute atomic E-state index is 0.363. The van der Waals surface area contributed by atoms with Crippen LogP contribution in [0.25, 0.3) is 0 Å². The first-order valence-electron chi connectivity index (χ1n) is 7.68. The molecular formula is C15H28N2O. The van der Waals surface area contributed by atoms with Gasteiger partial charge in [0.1, 0.15) is 0 Å². The lowest BCUT2D eigenvalue weighted by Gasteiger charge is -2.33. The Morgan fingerprint density at radius 3 is 2.28 bits per heavy atom. The Labute approximate surface area is 111 Å². The average molecular weight is 252 g/mol. The van der Waals surface area contributed by atoms with Gasteiger partial charge in [-0.3, -0.25) is 4.79 Å². The van der Waals surface area contributed by atoms with E-state index in [1.807, 2.05) is 11.9 Å². The third kappa shape index (κ3) is 3.71. The molecule has 2 rings (SSSR count). The molecule has 3 nitrogen and oxygen atoms in total. The molecule has 0 atom stereocenters. The Bertz CT molecular complexity index is 266. The van der Waals surface area contributed by atoms with E-state index in [0.717, 1.165) is 32.1 Å². The monoisotopic (exact) mass is 252 g/mol. The summed E-state index contributed by atoms with van der Waals surface area (Å²) in [5.41, 5.74) is 5.91. The van der Waals surface area contributed by atoms with Crippen LogP contribution in [-0.2, 0) is 4.79 Å². The molecule has 0 heterocycles. The summed E-state index contributed by atoms with van der Waals surface area (Å²) in [4.78, 5) is 14.3. The molecule has 0 radical (unpaired) electrons. The van der Waals surface area contributed by atoms with Crippen molar-refractivity contribution in [3.63, 3.8) is 0 Å². The van der Waals surface area contributed by atoms with Crippen molar-refractivity contribution in [2.75, 3.05) is 7.05 Å². The fraction of sp³-hybridized carbons (Fsp3) is 0.933. The number of nitrogens with zero attached hydrogens (tertiary/aromatic N) is 1. The summed E-state index contributed by atoms with van der Waals surface area (Å²) in [6.07, 6.45) is 11.6. The maximum Gasteiger partial charge on any atom is 0.222 e. The zero-order chi connectivity index (χ0) is 13.0. The van der Waals surface area contributed by atoms with Crippen molar-refractivity contribution in [1.82, 2.24) is 4.90 Å².